The van der Waals surface area contributed by atoms with Crippen molar-refractivity contribution in [2.24, 2.45) is 0 Å². The third kappa shape index (κ3) is 1.48. The average Bonchev–Trinajstić information content (AvgIpc) is 1.97. The molecule has 0 saturated carbocycles. The molecule has 0 aromatic heterocycles. The third-order valence-corrected chi connectivity index (χ3v) is 1.50. The van der Waals surface area contributed by atoms with Crippen LogP contribution in [0.4, 0.5) is 8.78 Å². The zero-order valence-electron chi connectivity index (χ0n) is 6.06. The number of rotatable bonds is 1. The van der Waals surface area contributed by atoms with Gasteiger partial charge in [-0.2, -0.15) is 0 Å². The molecule has 0 heterocycles. The highest BCUT2D eigenvalue weighted by atomic mass is 19.1. The Morgan fingerprint density at radius 3 is 2.45 bits per heavy atom. The Bertz CT molecular complexity index is 271. The summed E-state index contributed by atoms with van der Waals surface area (Å²) in [4.78, 5) is 0. The van der Waals surface area contributed by atoms with Gasteiger partial charge in [0.1, 0.15) is 5.82 Å². The van der Waals surface area contributed by atoms with Gasteiger partial charge in [0.15, 0.2) is 11.6 Å². The van der Waals surface area contributed by atoms with Crippen LogP contribution in [0.2, 0.25) is 0 Å². The molecule has 60 valence electrons. The summed E-state index contributed by atoms with van der Waals surface area (Å²) in [6, 6.07) is 1.79. The number of aryl methyl sites for hydroxylation is 1. The van der Waals surface area contributed by atoms with Crippen LogP contribution in [0.15, 0.2) is 12.1 Å². The van der Waals surface area contributed by atoms with Crippen molar-refractivity contribution < 1.29 is 13.9 Å². The van der Waals surface area contributed by atoms with Crippen LogP contribution in [-0.4, -0.2) is 5.11 Å². The van der Waals surface area contributed by atoms with Crippen LogP contribution in [0.25, 0.3) is 0 Å². The fourth-order valence-corrected chi connectivity index (χ4v) is 0.852. The van der Waals surface area contributed by atoms with Crippen LogP contribution in [0.1, 0.15) is 12.5 Å². The van der Waals surface area contributed by atoms with E-state index >= 15 is 0 Å². The van der Waals surface area contributed by atoms with Gasteiger partial charge in [-0.3, -0.25) is 0 Å². The number of aromatic hydroxyl groups is 1. The van der Waals surface area contributed by atoms with E-state index in [0.29, 0.717) is 18.1 Å². The van der Waals surface area contributed by atoms with Gasteiger partial charge in [-0.15, -0.1) is 0 Å². The molecule has 0 fully saturated rings. The maximum Gasteiger partial charge on any atom is 0.167 e. The van der Waals surface area contributed by atoms with Gasteiger partial charge in [0, 0.05) is 6.07 Å². The van der Waals surface area contributed by atoms with Gasteiger partial charge in [0.2, 0.25) is 0 Å². The smallest absolute Gasteiger partial charge is 0.167 e. The summed E-state index contributed by atoms with van der Waals surface area (Å²) in [7, 11) is 0. The summed E-state index contributed by atoms with van der Waals surface area (Å²) >= 11 is 0. The molecule has 1 nitrogen and oxygen atoms in total. The zero-order chi connectivity index (χ0) is 8.43. The highest BCUT2D eigenvalue weighted by molar-refractivity contribution is 5.30. The Kier molecular flexibility index (Phi) is 2.08. The first kappa shape index (κ1) is 7.98. The van der Waals surface area contributed by atoms with Gasteiger partial charge in [-0.1, -0.05) is 6.92 Å². The second-order valence-electron chi connectivity index (χ2n) is 2.25. The molecule has 1 aromatic carbocycles. The second kappa shape index (κ2) is 2.86. The first-order valence-corrected chi connectivity index (χ1v) is 3.32. The van der Waals surface area contributed by atoms with E-state index in [0.717, 1.165) is 6.07 Å². The predicted octanol–water partition coefficient (Wildman–Crippen LogP) is 2.23. The zero-order valence-corrected chi connectivity index (χ0v) is 6.06. The van der Waals surface area contributed by atoms with Gasteiger partial charge in [0.05, 0.1) is 0 Å². The molecule has 0 aliphatic rings. The number of phenolic OH excluding ortho intramolecular Hbond substituents is 1. The fraction of sp³-hybridized carbons (Fsp3) is 0.250. The van der Waals surface area contributed by atoms with Gasteiger partial charge < -0.3 is 5.11 Å². The maximum atomic E-state index is 12.7. The molecular formula is C8H8F2O. The standard InChI is InChI=1S/C8H8F2O/c1-2-5-3-8(11)7(10)4-6(5)9/h3-4,11H,2H2,1H3. The Hall–Kier alpha value is -1.12. The largest absolute Gasteiger partial charge is 0.505 e. The van der Waals surface area contributed by atoms with Crippen LogP contribution in [0, 0.1) is 11.6 Å². The van der Waals surface area contributed by atoms with Crippen molar-refractivity contribution in [3.8, 4) is 5.75 Å². The lowest BCUT2D eigenvalue weighted by molar-refractivity contribution is 0.426. The topological polar surface area (TPSA) is 20.2 Å². The van der Waals surface area contributed by atoms with E-state index in [2.05, 4.69) is 0 Å². The first-order valence-electron chi connectivity index (χ1n) is 3.32. The summed E-state index contributed by atoms with van der Waals surface area (Å²) in [6.45, 7) is 1.73. The number of phenols is 1. The molecule has 0 unspecified atom stereocenters. The fourth-order valence-electron chi connectivity index (χ4n) is 0.852. The van der Waals surface area contributed by atoms with Crippen molar-refractivity contribution in [1.29, 1.82) is 0 Å². The lowest BCUT2D eigenvalue weighted by Crippen LogP contribution is -1.89. The SMILES string of the molecule is CCc1cc(O)c(F)cc1F. The van der Waals surface area contributed by atoms with Crippen LogP contribution in [-0.2, 0) is 6.42 Å². The average molecular weight is 158 g/mol. The Morgan fingerprint density at radius 1 is 1.27 bits per heavy atom. The lowest BCUT2D eigenvalue weighted by Gasteiger charge is -2.00. The van der Waals surface area contributed by atoms with E-state index in [4.69, 9.17) is 5.11 Å². The first-order chi connectivity index (χ1) is 5.15. The minimum absolute atomic E-state index is 0.323. The predicted molar refractivity (Wildman–Crippen MR) is 37.4 cm³/mol. The molecule has 1 aromatic rings. The molecule has 0 amide bonds. The van der Waals surface area contributed by atoms with Crippen LogP contribution >= 0.6 is 0 Å². The van der Waals surface area contributed by atoms with Crippen molar-refractivity contribution in [3.05, 3.63) is 29.3 Å². The molecular weight excluding hydrogens is 150 g/mol. The van der Waals surface area contributed by atoms with Gasteiger partial charge >= 0.3 is 0 Å². The molecule has 0 spiro atoms. The molecule has 1 N–H and O–H groups in total. The van der Waals surface area contributed by atoms with E-state index in [1.165, 1.54) is 0 Å². The van der Waals surface area contributed by atoms with Gasteiger partial charge in [-0.25, -0.2) is 8.78 Å². The van der Waals surface area contributed by atoms with Crippen LogP contribution in [0.3, 0.4) is 0 Å². The number of hydrogen-bond donors (Lipinski definition) is 1. The van der Waals surface area contributed by atoms with Crippen molar-refractivity contribution in [1.82, 2.24) is 0 Å². The van der Waals surface area contributed by atoms with Gasteiger partial charge in [-0.05, 0) is 18.1 Å². The summed E-state index contributed by atoms with van der Waals surface area (Å²) in [5, 5.41) is 8.81. The molecule has 0 saturated heterocycles. The highest BCUT2D eigenvalue weighted by Gasteiger charge is 2.06. The minimum atomic E-state index is -0.917. The summed E-state index contributed by atoms with van der Waals surface area (Å²) in [6.07, 6.45) is 0.444. The van der Waals surface area contributed by atoms with E-state index in [-0.39, 0.29) is 0 Å². The second-order valence-corrected chi connectivity index (χ2v) is 2.25. The summed E-state index contributed by atoms with van der Waals surface area (Å²) in [5.41, 5.74) is 0.323. The Morgan fingerprint density at radius 2 is 1.91 bits per heavy atom. The highest BCUT2D eigenvalue weighted by Crippen LogP contribution is 2.20. The van der Waals surface area contributed by atoms with E-state index in [1.54, 1.807) is 6.92 Å². The number of halogens is 2. The Balaban J connectivity index is 3.21. The monoisotopic (exact) mass is 158 g/mol. The van der Waals surface area contributed by atoms with E-state index in [9.17, 15) is 8.78 Å². The lowest BCUT2D eigenvalue weighted by atomic mass is 10.1. The molecule has 0 bridgehead atoms. The summed E-state index contributed by atoms with van der Waals surface area (Å²) < 4.78 is 25.1. The molecule has 11 heavy (non-hydrogen) atoms. The van der Waals surface area contributed by atoms with Gasteiger partial charge in [0.25, 0.3) is 0 Å². The number of benzene rings is 1. The minimum Gasteiger partial charge on any atom is -0.505 e. The number of hydrogen-bond acceptors (Lipinski definition) is 1. The maximum absolute atomic E-state index is 12.7. The molecule has 0 aliphatic heterocycles. The third-order valence-electron chi connectivity index (χ3n) is 1.50. The van der Waals surface area contributed by atoms with Crippen molar-refractivity contribution in [2.75, 3.05) is 0 Å². The Labute approximate surface area is 63.3 Å². The normalized spacial score (nSPS) is 10.1. The molecule has 0 aliphatic carbocycles. The quantitative estimate of drug-likeness (QED) is 0.664. The van der Waals surface area contributed by atoms with Crippen LogP contribution in [0.5, 0.6) is 5.75 Å². The molecule has 0 radical (unpaired) electrons. The summed E-state index contributed by atoms with van der Waals surface area (Å²) in [5.74, 6) is -2.02. The van der Waals surface area contributed by atoms with Crippen molar-refractivity contribution >= 4 is 0 Å². The van der Waals surface area contributed by atoms with Crippen LogP contribution < -0.4 is 0 Å². The van der Waals surface area contributed by atoms with Crippen molar-refractivity contribution in [2.45, 2.75) is 13.3 Å². The van der Waals surface area contributed by atoms with E-state index < -0.39 is 17.4 Å². The molecule has 1 rings (SSSR count). The molecule has 0 atom stereocenters. The van der Waals surface area contributed by atoms with E-state index in [1.807, 2.05) is 0 Å². The van der Waals surface area contributed by atoms with Crippen molar-refractivity contribution in [3.63, 3.8) is 0 Å². The molecule has 3 heteroatoms.